The monoisotopic (exact) mass is 412 g/mol. The molecule has 8 heteroatoms. The van der Waals surface area contributed by atoms with E-state index in [9.17, 15) is 4.79 Å². The fourth-order valence-electron chi connectivity index (χ4n) is 3.07. The summed E-state index contributed by atoms with van der Waals surface area (Å²) in [6.07, 6.45) is 1.66. The van der Waals surface area contributed by atoms with Crippen LogP contribution >= 0.6 is 23.5 Å². The molecule has 1 aromatic heterocycles. The van der Waals surface area contributed by atoms with E-state index < -0.39 is 0 Å². The minimum atomic E-state index is 0.0777. The number of para-hydroxylation sites is 1. The van der Waals surface area contributed by atoms with Crippen LogP contribution in [-0.4, -0.2) is 45.3 Å². The lowest BCUT2D eigenvalue weighted by Crippen LogP contribution is -2.39. The molecule has 0 saturated carbocycles. The van der Waals surface area contributed by atoms with E-state index in [1.807, 2.05) is 63.7 Å². The number of carbonyl (C=O) groups is 1. The molecule has 0 unspecified atom stereocenters. The molecule has 4 rings (SSSR count). The van der Waals surface area contributed by atoms with Crippen LogP contribution in [0.2, 0.25) is 0 Å². The fourth-order valence-corrected chi connectivity index (χ4v) is 4.99. The second-order valence-corrected chi connectivity index (χ2v) is 8.79. The minimum Gasteiger partial charge on any atom is -0.497 e. The number of hydrogen-bond donors (Lipinski definition) is 0. The highest BCUT2D eigenvalue weighted by Gasteiger charge is 2.27. The predicted octanol–water partition coefficient (Wildman–Crippen LogP) is 3.90. The van der Waals surface area contributed by atoms with Gasteiger partial charge in [-0.05, 0) is 36.4 Å². The van der Waals surface area contributed by atoms with Crippen LogP contribution in [0.25, 0.3) is 5.69 Å². The van der Waals surface area contributed by atoms with Gasteiger partial charge in [-0.25, -0.2) is 0 Å². The van der Waals surface area contributed by atoms with Gasteiger partial charge in [-0.1, -0.05) is 30.8 Å². The van der Waals surface area contributed by atoms with Crippen molar-refractivity contribution in [3.63, 3.8) is 0 Å². The maximum atomic E-state index is 13.0. The van der Waals surface area contributed by atoms with Crippen LogP contribution in [-0.2, 0) is 4.79 Å². The zero-order valence-electron chi connectivity index (χ0n) is 15.6. The van der Waals surface area contributed by atoms with Crippen LogP contribution in [0.5, 0.6) is 5.75 Å². The Morgan fingerprint density at radius 3 is 2.82 bits per heavy atom. The molecule has 1 atom stereocenters. The molecule has 0 aliphatic carbocycles. The van der Waals surface area contributed by atoms with Crippen LogP contribution in [0.15, 0.2) is 64.9 Å². The second-order valence-electron chi connectivity index (χ2n) is 6.37. The number of methoxy groups -OCH3 is 1. The van der Waals surface area contributed by atoms with Crippen LogP contribution in [0.3, 0.4) is 0 Å². The fraction of sp³-hybridized carbons (Fsp3) is 0.250. The number of fused-ring (bicyclic) bond motifs is 1. The van der Waals surface area contributed by atoms with Crippen LogP contribution in [0.1, 0.15) is 6.92 Å². The zero-order chi connectivity index (χ0) is 19.5. The van der Waals surface area contributed by atoms with Crippen LogP contribution < -0.4 is 9.64 Å². The first kappa shape index (κ1) is 18.9. The highest BCUT2D eigenvalue weighted by atomic mass is 32.2. The number of nitrogens with zero attached hydrogens (tertiary/aromatic N) is 4. The molecule has 2 heterocycles. The normalized spacial score (nSPS) is 15.9. The maximum absolute atomic E-state index is 13.0. The first-order valence-electron chi connectivity index (χ1n) is 8.89. The highest BCUT2D eigenvalue weighted by molar-refractivity contribution is 8.00. The van der Waals surface area contributed by atoms with Crippen molar-refractivity contribution in [3.05, 3.63) is 54.9 Å². The molecule has 0 radical (unpaired) electrons. The number of rotatable bonds is 5. The number of benzene rings is 2. The average molecular weight is 413 g/mol. The van der Waals surface area contributed by atoms with Crippen molar-refractivity contribution >= 4 is 35.1 Å². The number of hydrogen-bond acceptors (Lipinski definition) is 6. The third kappa shape index (κ3) is 3.88. The number of anilines is 1. The van der Waals surface area contributed by atoms with E-state index in [0.717, 1.165) is 22.0 Å². The number of aromatic nitrogens is 3. The van der Waals surface area contributed by atoms with Crippen molar-refractivity contribution in [1.29, 1.82) is 0 Å². The molecule has 0 spiro atoms. The molecule has 1 aliphatic heterocycles. The minimum absolute atomic E-state index is 0.0777. The molecule has 144 valence electrons. The molecule has 0 bridgehead atoms. The first-order valence-corrected chi connectivity index (χ1v) is 10.8. The summed E-state index contributed by atoms with van der Waals surface area (Å²) in [6, 6.07) is 15.7. The standard InChI is InChI=1S/C20H20N4O2S2/c1-14-11-23(17-5-3-4-6-18(17)28-14)19(25)12-27-20-22-21-13-24(20)15-7-9-16(26-2)10-8-15/h3-10,13-14H,11-12H2,1-2H3/t14-/m1/s1. The van der Waals surface area contributed by atoms with Crippen molar-refractivity contribution in [2.24, 2.45) is 0 Å². The Balaban J connectivity index is 1.48. The smallest absolute Gasteiger partial charge is 0.237 e. The van der Waals surface area contributed by atoms with E-state index in [-0.39, 0.29) is 5.91 Å². The summed E-state index contributed by atoms with van der Waals surface area (Å²) < 4.78 is 7.08. The summed E-state index contributed by atoms with van der Waals surface area (Å²) >= 11 is 3.21. The molecular formula is C20H20N4O2S2. The lowest BCUT2D eigenvalue weighted by molar-refractivity contribution is -0.116. The summed E-state index contributed by atoms with van der Waals surface area (Å²) in [6.45, 7) is 2.86. The molecule has 2 aromatic carbocycles. The first-order chi connectivity index (χ1) is 13.7. The third-order valence-corrected chi connectivity index (χ3v) is 6.50. The van der Waals surface area contributed by atoms with Gasteiger partial charge in [0.1, 0.15) is 12.1 Å². The summed E-state index contributed by atoms with van der Waals surface area (Å²) in [5.41, 5.74) is 1.92. The second kappa shape index (κ2) is 8.28. The van der Waals surface area contributed by atoms with E-state index in [2.05, 4.69) is 23.2 Å². The number of amides is 1. The largest absolute Gasteiger partial charge is 0.497 e. The van der Waals surface area contributed by atoms with E-state index >= 15 is 0 Å². The lowest BCUT2D eigenvalue weighted by atomic mass is 10.2. The zero-order valence-corrected chi connectivity index (χ0v) is 17.2. The number of carbonyl (C=O) groups excluding carboxylic acids is 1. The number of thioether (sulfide) groups is 2. The van der Waals surface area contributed by atoms with Crippen molar-refractivity contribution in [3.8, 4) is 11.4 Å². The Labute approximate surface area is 172 Å². The van der Waals surface area contributed by atoms with Gasteiger partial charge >= 0.3 is 0 Å². The SMILES string of the molecule is COc1ccc(-n2cnnc2SCC(=O)N2C[C@@H](C)Sc3ccccc32)cc1. The van der Waals surface area contributed by atoms with Crippen molar-refractivity contribution in [2.45, 2.75) is 22.2 Å². The Bertz CT molecular complexity index is 974. The maximum Gasteiger partial charge on any atom is 0.237 e. The Morgan fingerprint density at radius 1 is 1.25 bits per heavy atom. The Morgan fingerprint density at radius 2 is 2.04 bits per heavy atom. The molecule has 1 aliphatic rings. The third-order valence-electron chi connectivity index (χ3n) is 4.42. The Hall–Kier alpha value is -2.45. The van der Waals surface area contributed by atoms with Gasteiger partial charge in [0.25, 0.3) is 0 Å². The van der Waals surface area contributed by atoms with E-state index in [1.165, 1.54) is 11.8 Å². The van der Waals surface area contributed by atoms with E-state index in [0.29, 0.717) is 22.7 Å². The van der Waals surface area contributed by atoms with Gasteiger partial charge in [0.05, 0.1) is 18.6 Å². The van der Waals surface area contributed by atoms with E-state index in [1.54, 1.807) is 13.4 Å². The summed E-state index contributed by atoms with van der Waals surface area (Å²) in [4.78, 5) is 16.0. The van der Waals surface area contributed by atoms with Gasteiger partial charge in [-0.15, -0.1) is 22.0 Å². The molecule has 6 nitrogen and oxygen atoms in total. The van der Waals surface area contributed by atoms with Gasteiger partial charge in [-0.2, -0.15) is 0 Å². The summed E-state index contributed by atoms with van der Waals surface area (Å²) in [7, 11) is 1.64. The molecule has 0 N–H and O–H groups in total. The average Bonchev–Trinajstić information content (AvgIpc) is 3.20. The van der Waals surface area contributed by atoms with Crippen molar-refractivity contribution in [2.75, 3.05) is 24.3 Å². The van der Waals surface area contributed by atoms with Gasteiger partial charge in [-0.3, -0.25) is 9.36 Å². The van der Waals surface area contributed by atoms with Crippen molar-refractivity contribution < 1.29 is 9.53 Å². The summed E-state index contributed by atoms with van der Waals surface area (Å²) in [5, 5.41) is 9.25. The highest BCUT2D eigenvalue weighted by Crippen LogP contribution is 2.38. The van der Waals surface area contributed by atoms with Crippen molar-refractivity contribution in [1.82, 2.24) is 14.8 Å². The van der Waals surface area contributed by atoms with Crippen LogP contribution in [0.4, 0.5) is 5.69 Å². The van der Waals surface area contributed by atoms with Gasteiger partial charge in [0, 0.05) is 22.4 Å². The van der Waals surface area contributed by atoms with Gasteiger partial charge < -0.3 is 9.64 Å². The molecule has 0 saturated heterocycles. The summed E-state index contributed by atoms with van der Waals surface area (Å²) in [5.74, 6) is 1.17. The predicted molar refractivity (Wildman–Crippen MR) is 113 cm³/mol. The quantitative estimate of drug-likeness (QED) is 0.593. The molecule has 3 aromatic rings. The van der Waals surface area contributed by atoms with Gasteiger partial charge in [0.15, 0.2) is 5.16 Å². The topological polar surface area (TPSA) is 60.2 Å². The molecule has 0 fully saturated rings. The Kier molecular flexibility index (Phi) is 5.59. The van der Waals surface area contributed by atoms with E-state index in [4.69, 9.17) is 4.74 Å². The number of ether oxygens (including phenoxy) is 1. The lowest BCUT2D eigenvalue weighted by Gasteiger charge is -2.32. The van der Waals surface area contributed by atoms with Gasteiger partial charge in [0.2, 0.25) is 5.91 Å². The molecule has 1 amide bonds. The van der Waals surface area contributed by atoms with Crippen LogP contribution in [0, 0.1) is 0 Å². The molecular weight excluding hydrogens is 392 g/mol. The molecule has 28 heavy (non-hydrogen) atoms.